The normalized spacial score (nSPS) is 18.1. The molecule has 1 saturated carbocycles. The van der Waals surface area contributed by atoms with Crippen LogP contribution in [0.15, 0.2) is 9.42 Å². The van der Waals surface area contributed by atoms with Gasteiger partial charge in [0.25, 0.3) is 5.91 Å². The Morgan fingerprint density at radius 1 is 1.03 bits per heavy atom. The van der Waals surface area contributed by atoms with Gasteiger partial charge in [-0.3, -0.25) is 4.79 Å². The number of nitrogens with zero attached hydrogens (tertiary/aromatic N) is 5. The molecule has 2 aliphatic rings. The number of aryl methyl sites for hydroxylation is 4. The van der Waals surface area contributed by atoms with Crippen molar-refractivity contribution in [2.45, 2.75) is 57.8 Å². The molecule has 0 unspecified atom stereocenters. The average Bonchev–Trinajstić information content (AvgIpc) is 3.52. The van der Waals surface area contributed by atoms with E-state index in [2.05, 4.69) is 10.1 Å². The smallest absolute Gasteiger partial charge is 0.264 e. The molecule has 1 saturated heterocycles. The zero-order valence-electron chi connectivity index (χ0n) is 19.2. The highest BCUT2D eigenvalue weighted by Gasteiger charge is 2.34. The molecule has 1 aliphatic heterocycles. The maximum Gasteiger partial charge on any atom is 0.264 e. The van der Waals surface area contributed by atoms with Crippen LogP contribution in [0.5, 0.6) is 0 Å². The van der Waals surface area contributed by atoms with Crippen molar-refractivity contribution in [1.82, 2.24) is 24.3 Å². The van der Waals surface area contributed by atoms with E-state index >= 15 is 0 Å². The zero-order valence-corrected chi connectivity index (χ0v) is 20.8. The number of rotatable bonds is 4. The second kappa shape index (κ2) is 8.14. The summed E-state index contributed by atoms with van der Waals surface area (Å²) in [6, 6.07) is 0. The summed E-state index contributed by atoms with van der Waals surface area (Å²) in [5, 5.41) is 4.75. The molecule has 4 heterocycles. The summed E-state index contributed by atoms with van der Waals surface area (Å²) in [6.45, 7) is 8.55. The second-order valence-corrected chi connectivity index (χ2v) is 11.8. The number of hydrogen-bond acceptors (Lipinski definition) is 8. The Bertz CT molecular complexity index is 1340. The van der Waals surface area contributed by atoms with Crippen LogP contribution >= 0.6 is 11.3 Å². The largest absolute Gasteiger partial charge is 0.360 e. The topological polar surface area (TPSA) is 110 Å². The van der Waals surface area contributed by atoms with Gasteiger partial charge in [0, 0.05) is 37.5 Å². The molecular weight excluding hydrogens is 462 g/mol. The molecule has 5 rings (SSSR count). The van der Waals surface area contributed by atoms with Gasteiger partial charge in [0.1, 0.15) is 21.2 Å². The van der Waals surface area contributed by atoms with Crippen molar-refractivity contribution in [3.63, 3.8) is 0 Å². The van der Waals surface area contributed by atoms with Gasteiger partial charge in [0.05, 0.1) is 10.6 Å². The molecule has 2 fully saturated rings. The Labute approximate surface area is 196 Å². The highest BCUT2D eigenvalue weighted by molar-refractivity contribution is 7.89. The third-order valence-corrected chi connectivity index (χ3v) is 9.75. The zero-order chi connectivity index (χ0) is 23.5. The quantitative estimate of drug-likeness (QED) is 0.553. The van der Waals surface area contributed by atoms with Gasteiger partial charge in [0.15, 0.2) is 5.76 Å². The van der Waals surface area contributed by atoms with Crippen molar-refractivity contribution in [1.29, 1.82) is 0 Å². The first kappa shape index (κ1) is 22.4. The molecule has 9 nitrogen and oxygen atoms in total. The van der Waals surface area contributed by atoms with Crippen LogP contribution in [0.1, 0.15) is 63.4 Å². The third kappa shape index (κ3) is 3.85. The van der Waals surface area contributed by atoms with Gasteiger partial charge in [-0.2, -0.15) is 4.31 Å². The molecule has 1 amide bonds. The molecule has 0 bridgehead atoms. The van der Waals surface area contributed by atoms with Crippen LogP contribution in [0.4, 0.5) is 0 Å². The molecule has 33 heavy (non-hydrogen) atoms. The second-order valence-electron chi connectivity index (χ2n) is 8.88. The summed E-state index contributed by atoms with van der Waals surface area (Å²) in [4.78, 5) is 26.3. The Morgan fingerprint density at radius 2 is 1.79 bits per heavy atom. The lowest BCUT2D eigenvalue weighted by molar-refractivity contribution is 0.0768. The van der Waals surface area contributed by atoms with Crippen LogP contribution in [-0.4, -0.2) is 64.8 Å². The lowest BCUT2D eigenvalue weighted by Crippen LogP contribution is -2.37. The molecule has 11 heteroatoms. The summed E-state index contributed by atoms with van der Waals surface area (Å²) >= 11 is 1.42. The van der Waals surface area contributed by atoms with Gasteiger partial charge in [-0.25, -0.2) is 18.4 Å². The van der Waals surface area contributed by atoms with Crippen LogP contribution in [0.2, 0.25) is 0 Å². The standard InChI is InChI=1S/C22H27N5O4S2/c1-12-17-13(2)23-20(16-6-7-16)24-21(17)32-18(12)22(28)26-8-5-9-27(11-10-26)33(29,30)19-14(3)25-31-15(19)4/h16H,5-11H2,1-4H3. The van der Waals surface area contributed by atoms with Gasteiger partial charge in [-0.1, -0.05) is 5.16 Å². The van der Waals surface area contributed by atoms with Crippen molar-refractivity contribution in [2.75, 3.05) is 26.2 Å². The van der Waals surface area contributed by atoms with E-state index in [9.17, 15) is 13.2 Å². The van der Waals surface area contributed by atoms with Crippen molar-refractivity contribution >= 4 is 37.5 Å². The molecule has 0 spiro atoms. The Kier molecular flexibility index (Phi) is 5.53. The summed E-state index contributed by atoms with van der Waals surface area (Å²) in [5.74, 6) is 1.55. The van der Waals surface area contributed by atoms with Crippen LogP contribution in [0.3, 0.4) is 0 Å². The number of sulfonamides is 1. The average molecular weight is 490 g/mol. The molecule has 1 aliphatic carbocycles. The first-order valence-electron chi connectivity index (χ1n) is 11.2. The Hall–Kier alpha value is -2.37. The van der Waals surface area contributed by atoms with E-state index in [-0.39, 0.29) is 23.1 Å². The summed E-state index contributed by atoms with van der Waals surface area (Å²) in [5.41, 5.74) is 2.18. The van der Waals surface area contributed by atoms with E-state index in [1.807, 2.05) is 13.8 Å². The maximum atomic E-state index is 13.5. The summed E-state index contributed by atoms with van der Waals surface area (Å²) in [7, 11) is -3.74. The molecule has 3 aromatic heterocycles. The lowest BCUT2D eigenvalue weighted by Gasteiger charge is -2.21. The Morgan fingerprint density at radius 3 is 2.45 bits per heavy atom. The van der Waals surface area contributed by atoms with E-state index < -0.39 is 10.0 Å². The minimum Gasteiger partial charge on any atom is -0.360 e. The molecule has 3 aromatic rings. The number of aromatic nitrogens is 3. The monoisotopic (exact) mass is 489 g/mol. The number of carbonyl (C=O) groups excluding carboxylic acids is 1. The Balaban J connectivity index is 1.39. The maximum absolute atomic E-state index is 13.5. The van der Waals surface area contributed by atoms with E-state index in [0.29, 0.717) is 42.5 Å². The van der Waals surface area contributed by atoms with Gasteiger partial charge in [0.2, 0.25) is 10.0 Å². The summed E-state index contributed by atoms with van der Waals surface area (Å²) in [6.07, 6.45) is 2.81. The fraction of sp³-hybridized carbons (Fsp3) is 0.545. The van der Waals surface area contributed by atoms with E-state index in [4.69, 9.17) is 9.51 Å². The van der Waals surface area contributed by atoms with Gasteiger partial charge >= 0.3 is 0 Å². The fourth-order valence-electron chi connectivity index (χ4n) is 4.54. The highest BCUT2D eigenvalue weighted by Crippen LogP contribution is 2.40. The first-order chi connectivity index (χ1) is 15.7. The molecular formula is C22H27N5O4S2. The minimum atomic E-state index is -3.74. The molecule has 0 aromatic carbocycles. The van der Waals surface area contributed by atoms with Crippen molar-refractivity contribution in [3.05, 3.63) is 33.4 Å². The number of fused-ring (bicyclic) bond motifs is 1. The van der Waals surface area contributed by atoms with Crippen LogP contribution < -0.4 is 0 Å². The number of amides is 1. The van der Waals surface area contributed by atoms with Crippen molar-refractivity contribution in [3.8, 4) is 0 Å². The van der Waals surface area contributed by atoms with E-state index in [0.717, 1.165) is 40.1 Å². The molecule has 0 atom stereocenters. The van der Waals surface area contributed by atoms with E-state index in [1.165, 1.54) is 15.6 Å². The predicted octanol–water partition coefficient (Wildman–Crippen LogP) is 3.33. The first-order valence-corrected chi connectivity index (χ1v) is 13.4. The predicted molar refractivity (Wildman–Crippen MR) is 124 cm³/mol. The highest BCUT2D eigenvalue weighted by atomic mass is 32.2. The summed E-state index contributed by atoms with van der Waals surface area (Å²) < 4.78 is 32.9. The van der Waals surface area contributed by atoms with Crippen LogP contribution in [-0.2, 0) is 10.0 Å². The van der Waals surface area contributed by atoms with Crippen LogP contribution in [0.25, 0.3) is 10.2 Å². The minimum absolute atomic E-state index is 0.0699. The van der Waals surface area contributed by atoms with Gasteiger partial charge < -0.3 is 9.42 Å². The lowest BCUT2D eigenvalue weighted by atomic mass is 10.1. The SMILES string of the molecule is Cc1noc(C)c1S(=O)(=O)N1CCCN(C(=O)c2sc3nc(C4CC4)nc(C)c3c2C)CC1. The molecule has 0 radical (unpaired) electrons. The number of thiophene rings is 1. The molecule has 0 N–H and O–H groups in total. The van der Waals surface area contributed by atoms with Gasteiger partial charge in [-0.15, -0.1) is 11.3 Å². The van der Waals surface area contributed by atoms with Crippen LogP contribution in [0, 0.1) is 27.7 Å². The van der Waals surface area contributed by atoms with Gasteiger partial charge in [-0.05, 0) is 52.5 Å². The fourth-order valence-corrected chi connectivity index (χ4v) is 7.51. The number of hydrogen-bond donors (Lipinski definition) is 0. The third-order valence-electron chi connectivity index (χ3n) is 6.43. The van der Waals surface area contributed by atoms with E-state index in [1.54, 1.807) is 18.7 Å². The molecule has 176 valence electrons. The van der Waals surface area contributed by atoms with Crippen molar-refractivity contribution in [2.24, 2.45) is 0 Å². The number of carbonyl (C=O) groups is 1. The van der Waals surface area contributed by atoms with Crippen molar-refractivity contribution < 1.29 is 17.7 Å².